The van der Waals surface area contributed by atoms with Crippen LogP contribution in [0.2, 0.25) is 0 Å². The van der Waals surface area contributed by atoms with Crippen molar-refractivity contribution in [1.82, 2.24) is 15.6 Å². The van der Waals surface area contributed by atoms with Crippen LogP contribution in [0, 0.1) is 5.92 Å². The predicted molar refractivity (Wildman–Crippen MR) is 114 cm³/mol. The minimum absolute atomic E-state index is 0. The van der Waals surface area contributed by atoms with Crippen LogP contribution < -0.4 is 10.6 Å². The average molecular weight is 470 g/mol. The molecular weight excluding hydrogens is 443 g/mol. The summed E-state index contributed by atoms with van der Waals surface area (Å²) in [6.45, 7) is 5.65. The SMILES string of the molecule is CCNC(=NCc1coc(-c2ccccc2)n1)NCCOCC1CC1.I. The fraction of sp³-hybridized carbons (Fsp3) is 0.474. The van der Waals surface area contributed by atoms with Crippen LogP contribution in [0.1, 0.15) is 25.5 Å². The molecule has 1 aromatic carbocycles. The van der Waals surface area contributed by atoms with Gasteiger partial charge >= 0.3 is 0 Å². The second-order valence-corrected chi connectivity index (χ2v) is 6.15. The highest BCUT2D eigenvalue weighted by molar-refractivity contribution is 14.0. The topological polar surface area (TPSA) is 71.7 Å². The van der Waals surface area contributed by atoms with Gasteiger partial charge in [-0.25, -0.2) is 9.98 Å². The van der Waals surface area contributed by atoms with Gasteiger partial charge in [-0.15, -0.1) is 24.0 Å². The molecule has 1 fully saturated rings. The molecule has 2 aromatic rings. The van der Waals surface area contributed by atoms with E-state index in [0.717, 1.165) is 42.8 Å². The number of aliphatic imine (C=N–C) groups is 1. The molecule has 1 heterocycles. The zero-order chi connectivity index (χ0) is 17.3. The third kappa shape index (κ3) is 6.95. The Morgan fingerprint density at radius 3 is 2.81 bits per heavy atom. The predicted octanol–water partition coefficient (Wildman–Crippen LogP) is 3.44. The highest BCUT2D eigenvalue weighted by Gasteiger charge is 2.20. The Morgan fingerprint density at radius 2 is 2.08 bits per heavy atom. The number of benzene rings is 1. The number of oxazole rings is 1. The summed E-state index contributed by atoms with van der Waals surface area (Å²) in [7, 11) is 0. The molecule has 0 saturated heterocycles. The molecule has 7 heteroatoms. The van der Waals surface area contributed by atoms with Gasteiger partial charge in [0.05, 0.1) is 13.2 Å². The minimum Gasteiger partial charge on any atom is -0.444 e. The van der Waals surface area contributed by atoms with Crippen LogP contribution in [0.15, 0.2) is 46.0 Å². The summed E-state index contributed by atoms with van der Waals surface area (Å²) < 4.78 is 11.2. The first kappa shape index (κ1) is 20.7. The molecule has 0 radical (unpaired) electrons. The molecule has 6 nitrogen and oxygen atoms in total. The lowest BCUT2D eigenvalue weighted by Gasteiger charge is -2.11. The van der Waals surface area contributed by atoms with Gasteiger partial charge in [0, 0.05) is 25.3 Å². The van der Waals surface area contributed by atoms with Gasteiger partial charge in [-0.1, -0.05) is 18.2 Å². The third-order valence-electron chi connectivity index (χ3n) is 3.91. The van der Waals surface area contributed by atoms with Crippen molar-refractivity contribution >= 4 is 29.9 Å². The molecule has 0 amide bonds. The third-order valence-corrected chi connectivity index (χ3v) is 3.91. The summed E-state index contributed by atoms with van der Waals surface area (Å²) in [6.07, 6.45) is 4.30. The summed E-state index contributed by atoms with van der Waals surface area (Å²) in [5.41, 5.74) is 1.77. The van der Waals surface area contributed by atoms with Crippen LogP contribution >= 0.6 is 24.0 Å². The molecule has 1 saturated carbocycles. The maximum Gasteiger partial charge on any atom is 0.226 e. The lowest BCUT2D eigenvalue weighted by molar-refractivity contribution is 0.129. The van der Waals surface area contributed by atoms with Crippen molar-refractivity contribution in [2.75, 3.05) is 26.3 Å². The lowest BCUT2D eigenvalue weighted by atomic mass is 10.2. The Kier molecular flexibility index (Phi) is 8.90. The fourth-order valence-electron chi connectivity index (χ4n) is 2.37. The van der Waals surface area contributed by atoms with Gasteiger partial charge in [0.15, 0.2) is 5.96 Å². The first-order valence-corrected chi connectivity index (χ1v) is 8.95. The Balaban J connectivity index is 0.00000243. The number of nitrogens with zero attached hydrogens (tertiary/aromatic N) is 2. The number of hydrogen-bond acceptors (Lipinski definition) is 4. The van der Waals surface area contributed by atoms with E-state index in [4.69, 9.17) is 9.15 Å². The van der Waals surface area contributed by atoms with E-state index in [2.05, 4.69) is 20.6 Å². The first-order chi connectivity index (χ1) is 12.3. The van der Waals surface area contributed by atoms with Gasteiger partial charge in [0.1, 0.15) is 12.0 Å². The molecule has 2 N–H and O–H groups in total. The van der Waals surface area contributed by atoms with Gasteiger partial charge in [-0.05, 0) is 37.8 Å². The normalized spacial score (nSPS) is 14.0. The maximum absolute atomic E-state index is 5.63. The van der Waals surface area contributed by atoms with Gasteiger partial charge < -0.3 is 19.8 Å². The van der Waals surface area contributed by atoms with Crippen molar-refractivity contribution in [3.63, 3.8) is 0 Å². The summed E-state index contributed by atoms with van der Waals surface area (Å²) in [5.74, 6) is 2.19. The molecule has 0 bridgehead atoms. The van der Waals surface area contributed by atoms with Crippen LogP contribution in [-0.2, 0) is 11.3 Å². The standard InChI is InChI=1S/C19H26N4O2.HI/c1-2-20-19(21-10-11-24-13-15-8-9-15)22-12-17-14-25-18(23-17)16-6-4-3-5-7-16;/h3-7,14-15H,2,8-13H2,1H3,(H2,20,21,22);1H. The van der Waals surface area contributed by atoms with E-state index in [1.54, 1.807) is 6.26 Å². The van der Waals surface area contributed by atoms with Crippen molar-refractivity contribution in [2.24, 2.45) is 10.9 Å². The first-order valence-electron chi connectivity index (χ1n) is 8.95. The Labute approximate surface area is 171 Å². The van der Waals surface area contributed by atoms with E-state index in [1.807, 2.05) is 37.3 Å². The molecule has 0 spiro atoms. The number of hydrogen-bond donors (Lipinski definition) is 2. The molecule has 26 heavy (non-hydrogen) atoms. The Morgan fingerprint density at radius 1 is 1.27 bits per heavy atom. The molecular formula is C19H27IN4O2. The summed E-state index contributed by atoms with van der Waals surface area (Å²) in [6, 6.07) is 9.87. The fourth-order valence-corrected chi connectivity index (χ4v) is 2.37. The van der Waals surface area contributed by atoms with Crippen molar-refractivity contribution in [3.05, 3.63) is 42.3 Å². The Bertz CT molecular complexity index is 671. The monoisotopic (exact) mass is 470 g/mol. The lowest BCUT2D eigenvalue weighted by Crippen LogP contribution is -2.39. The molecule has 0 atom stereocenters. The van der Waals surface area contributed by atoms with Crippen molar-refractivity contribution in [1.29, 1.82) is 0 Å². The number of guanidine groups is 1. The average Bonchev–Trinajstić information content (AvgIpc) is 3.35. The maximum atomic E-state index is 5.63. The minimum atomic E-state index is 0. The number of halogens is 1. The molecule has 1 aliphatic carbocycles. The van der Waals surface area contributed by atoms with E-state index in [-0.39, 0.29) is 24.0 Å². The molecule has 142 valence electrons. The number of aromatic nitrogens is 1. The summed E-state index contributed by atoms with van der Waals surface area (Å²) in [4.78, 5) is 9.05. The zero-order valence-electron chi connectivity index (χ0n) is 15.1. The van der Waals surface area contributed by atoms with Crippen LogP contribution in [-0.4, -0.2) is 37.2 Å². The van der Waals surface area contributed by atoms with Crippen molar-refractivity contribution in [3.8, 4) is 11.5 Å². The van der Waals surface area contributed by atoms with E-state index >= 15 is 0 Å². The van der Waals surface area contributed by atoms with Crippen molar-refractivity contribution < 1.29 is 9.15 Å². The van der Waals surface area contributed by atoms with E-state index in [0.29, 0.717) is 19.0 Å². The largest absolute Gasteiger partial charge is 0.444 e. The molecule has 0 unspecified atom stereocenters. The molecule has 3 rings (SSSR count). The number of ether oxygens (including phenoxy) is 1. The van der Waals surface area contributed by atoms with Gasteiger partial charge in [-0.2, -0.15) is 0 Å². The van der Waals surface area contributed by atoms with E-state index < -0.39 is 0 Å². The second kappa shape index (κ2) is 11.2. The highest BCUT2D eigenvalue weighted by Crippen LogP contribution is 2.28. The molecule has 1 aromatic heterocycles. The van der Waals surface area contributed by atoms with Crippen LogP contribution in [0.3, 0.4) is 0 Å². The van der Waals surface area contributed by atoms with E-state index in [9.17, 15) is 0 Å². The quantitative estimate of drug-likeness (QED) is 0.254. The number of nitrogens with one attached hydrogen (secondary N) is 2. The van der Waals surface area contributed by atoms with Crippen molar-refractivity contribution in [2.45, 2.75) is 26.3 Å². The van der Waals surface area contributed by atoms with E-state index in [1.165, 1.54) is 12.8 Å². The highest BCUT2D eigenvalue weighted by atomic mass is 127. The molecule has 1 aliphatic rings. The van der Waals surface area contributed by atoms with Gasteiger partial charge in [0.2, 0.25) is 5.89 Å². The van der Waals surface area contributed by atoms with Crippen LogP contribution in [0.4, 0.5) is 0 Å². The number of rotatable bonds is 9. The Hall–Kier alpha value is -1.61. The molecule has 0 aliphatic heterocycles. The second-order valence-electron chi connectivity index (χ2n) is 6.15. The zero-order valence-corrected chi connectivity index (χ0v) is 17.4. The van der Waals surface area contributed by atoms with Gasteiger partial charge in [-0.3, -0.25) is 0 Å². The van der Waals surface area contributed by atoms with Crippen LogP contribution in [0.25, 0.3) is 11.5 Å². The van der Waals surface area contributed by atoms with Gasteiger partial charge in [0.25, 0.3) is 0 Å². The van der Waals surface area contributed by atoms with Crippen LogP contribution in [0.5, 0.6) is 0 Å². The summed E-state index contributed by atoms with van der Waals surface area (Å²) >= 11 is 0. The summed E-state index contributed by atoms with van der Waals surface area (Å²) in [5, 5.41) is 6.51. The smallest absolute Gasteiger partial charge is 0.226 e.